The Bertz CT molecular complexity index is 462. The Labute approximate surface area is 152 Å². The monoisotopic (exact) mass is 361 g/mol. The summed E-state index contributed by atoms with van der Waals surface area (Å²) in [5.74, 6) is -0.219. The van der Waals surface area contributed by atoms with E-state index in [0.717, 1.165) is 18.4 Å². The lowest BCUT2D eigenvalue weighted by atomic mass is 9.94. The highest BCUT2D eigenvalue weighted by Crippen LogP contribution is 2.33. The highest BCUT2D eigenvalue weighted by Gasteiger charge is 2.36. The van der Waals surface area contributed by atoms with Gasteiger partial charge in [-0.1, -0.05) is 43.2 Å². The maximum Gasteiger partial charge on any atom is 0.228 e. The number of halogens is 2. The summed E-state index contributed by atoms with van der Waals surface area (Å²) in [7, 11) is 4.21. The molecule has 0 bridgehead atoms. The molecule has 0 radical (unpaired) electrons. The van der Waals surface area contributed by atoms with E-state index in [1.54, 1.807) is 0 Å². The molecule has 0 heterocycles. The second-order valence-electron chi connectivity index (χ2n) is 6.24. The molecular weight excluding hydrogens is 333 g/mol. The van der Waals surface area contributed by atoms with E-state index in [2.05, 4.69) is 24.3 Å². The van der Waals surface area contributed by atoms with Crippen molar-refractivity contribution >= 4 is 30.7 Å². The average Bonchev–Trinajstić information content (AvgIpc) is 2.97. The van der Waals surface area contributed by atoms with E-state index < -0.39 is 0 Å². The number of nitrogens with one attached hydrogen (secondary N) is 1. The molecule has 1 atom stereocenters. The predicted octanol–water partition coefficient (Wildman–Crippen LogP) is 2.56. The Morgan fingerprint density at radius 1 is 1.22 bits per heavy atom. The highest BCUT2D eigenvalue weighted by molar-refractivity contribution is 5.85. The normalized spacial score (nSPS) is 17.0. The fourth-order valence-corrected chi connectivity index (χ4v) is 3.27. The fourth-order valence-electron chi connectivity index (χ4n) is 3.27. The van der Waals surface area contributed by atoms with Gasteiger partial charge in [0, 0.05) is 18.6 Å². The van der Waals surface area contributed by atoms with Gasteiger partial charge in [-0.15, -0.1) is 24.8 Å². The summed E-state index contributed by atoms with van der Waals surface area (Å²) >= 11 is 0. The third-order valence-corrected chi connectivity index (χ3v) is 4.83. The molecule has 4 nitrogen and oxygen atoms in total. The van der Waals surface area contributed by atoms with Crippen molar-refractivity contribution in [3.8, 4) is 0 Å². The van der Waals surface area contributed by atoms with Crippen LogP contribution in [0.3, 0.4) is 0 Å². The second kappa shape index (κ2) is 10.1. The topological polar surface area (TPSA) is 58.4 Å². The largest absolute Gasteiger partial charge is 0.354 e. The van der Waals surface area contributed by atoms with Crippen molar-refractivity contribution in [2.24, 2.45) is 5.73 Å². The number of hydrogen-bond acceptors (Lipinski definition) is 3. The summed E-state index contributed by atoms with van der Waals surface area (Å²) in [6, 6.07) is 9.78. The molecular formula is C17H29Cl2N3O. The van der Waals surface area contributed by atoms with Crippen molar-refractivity contribution < 1.29 is 4.79 Å². The molecule has 0 aliphatic heterocycles. The fraction of sp³-hybridized carbons (Fsp3) is 0.588. The van der Waals surface area contributed by atoms with Gasteiger partial charge in [0.15, 0.2) is 0 Å². The van der Waals surface area contributed by atoms with Gasteiger partial charge < -0.3 is 16.0 Å². The van der Waals surface area contributed by atoms with Crippen LogP contribution in [-0.4, -0.2) is 43.5 Å². The van der Waals surface area contributed by atoms with Gasteiger partial charge in [0.25, 0.3) is 0 Å². The number of carbonyl (C=O) groups excluding carboxylic acids is 1. The summed E-state index contributed by atoms with van der Waals surface area (Å²) in [5.41, 5.74) is 6.92. The zero-order valence-corrected chi connectivity index (χ0v) is 15.6. The quantitative estimate of drug-likeness (QED) is 0.818. The SMILES string of the molecule is CN(C)C1(CNC(=O)C(CN)c2ccccc2)CCCC1.Cl.Cl. The van der Waals surface area contributed by atoms with E-state index >= 15 is 0 Å². The first-order valence-electron chi connectivity index (χ1n) is 7.79. The molecule has 1 saturated carbocycles. The van der Waals surface area contributed by atoms with Crippen molar-refractivity contribution in [2.45, 2.75) is 37.1 Å². The number of nitrogens with two attached hydrogens (primary N) is 1. The lowest BCUT2D eigenvalue weighted by Crippen LogP contribution is -2.51. The predicted molar refractivity (Wildman–Crippen MR) is 101 cm³/mol. The average molecular weight is 362 g/mol. The minimum atomic E-state index is -0.258. The zero-order chi connectivity index (χ0) is 15.3. The highest BCUT2D eigenvalue weighted by atomic mass is 35.5. The first-order chi connectivity index (χ1) is 10.1. The van der Waals surface area contributed by atoms with Crippen LogP contribution in [0.15, 0.2) is 30.3 Å². The van der Waals surface area contributed by atoms with Crippen LogP contribution in [0.5, 0.6) is 0 Å². The Kier molecular flexibility index (Phi) is 9.78. The molecule has 1 aromatic rings. The molecule has 2 rings (SSSR count). The van der Waals surface area contributed by atoms with Gasteiger partial charge >= 0.3 is 0 Å². The molecule has 3 N–H and O–H groups in total. The number of likely N-dealkylation sites (N-methyl/N-ethyl adjacent to an activating group) is 1. The van der Waals surface area contributed by atoms with Crippen LogP contribution in [0.25, 0.3) is 0 Å². The van der Waals surface area contributed by atoms with Gasteiger partial charge in [-0.2, -0.15) is 0 Å². The van der Waals surface area contributed by atoms with Gasteiger partial charge in [0.2, 0.25) is 5.91 Å². The van der Waals surface area contributed by atoms with Crippen LogP contribution in [0, 0.1) is 0 Å². The van der Waals surface area contributed by atoms with E-state index in [1.165, 1.54) is 12.8 Å². The number of carbonyl (C=O) groups is 1. The summed E-state index contributed by atoms with van der Waals surface area (Å²) in [5, 5.41) is 3.14. The van der Waals surface area contributed by atoms with Crippen LogP contribution >= 0.6 is 24.8 Å². The maximum atomic E-state index is 12.5. The van der Waals surface area contributed by atoms with Crippen molar-refractivity contribution in [2.75, 3.05) is 27.2 Å². The summed E-state index contributed by atoms with van der Waals surface area (Å²) in [6.07, 6.45) is 4.79. The van der Waals surface area contributed by atoms with Crippen molar-refractivity contribution in [1.82, 2.24) is 10.2 Å². The Morgan fingerprint density at radius 2 is 1.78 bits per heavy atom. The number of hydrogen-bond donors (Lipinski definition) is 2. The molecule has 0 spiro atoms. The van der Waals surface area contributed by atoms with Crippen LogP contribution in [0.4, 0.5) is 0 Å². The number of rotatable bonds is 6. The van der Waals surface area contributed by atoms with Crippen molar-refractivity contribution in [3.63, 3.8) is 0 Å². The molecule has 1 fully saturated rings. The second-order valence-corrected chi connectivity index (χ2v) is 6.24. The summed E-state index contributed by atoms with van der Waals surface area (Å²) in [4.78, 5) is 14.8. The Balaban J connectivity index is 0.00000242. The summed E-state index contributed by atoms with van der Waals surface area (Å²) < 4.78 is 0. The molecule has 0 saturated heterocycles. The van der Waals surface area contributed by atoms with Crippen LogP contribution < -0.4 is 11.1 Å². The first kappa shape index (κ1) is 22.2. The van der Waals surface area contributed by atoms with Crippen molar-refractivity contribution in [3.05, 3.63) is 35.9 Å². The minimum absolute atomic E-state index is 0. The molecule has 1 aromatic carbocycles. The van der Waals surface area contributed by atoms with Gasteiger partial charge in [0.05, 0.1) is 5.92 Å². The molecule has 23 heavy (non-hydrogen) atoms. The van der Waals surface area contributed by atoms with Gasteiger partial charge in [-0.3, -0.25) is 4.79 Å². The van der Waals surface area contributed by atoms with E-state index in [4.69, 9.17) is 5.73 Å². The molecule has 1 aliphatic carbocycles. The van der Waals surface area contributed by atoms with E-state index in [-0.39, 0.29) is 42.2 Å². The number of amides is 1. The van der Waals surface area contributed by atoms with Crippen LogP contribution in [0.1, 0.15) is 37.2 Å². The first-order valence-corrected chi connectivity index (χ1v) is 7.79. The van der Waals surface area contributed by atoms with Crippen LogP contribution in [0.2, 0.25) is 0 Å². The van der Waals surface area contributed by atoms with Crippen LogP contribution in [-0.2, 0) is 4.79 Å². The lowest BCUT2D eigenvalue weighted by Gasteiger charge is -2.36. The Hall–Kier alpha value is -0.810. The zero-order valence-electron chi connectivity index (χ0n) is 14.0. The van der Waals surface area contributed by atoms with E-state index in [9.17, 15) is 4.79 Å². The minimum Gasteiger partial charge on any atom is -0.354 e. The molecule has 132 valence electrons. The van der Waals surface area contributed by atoms with E-state index in [1.807, 2.05) is 30.3 Å². The van der Waals surface area contributed by atoms with Crippen molar-refractivity contribution in [1.29, 1.82) is 0 Å². The molecule has 1 unspecified atom stereocenters. The van der Waals surface area contributed by atoms with Gasteiger partial charge in [-0.25, -0.2) is 0 Å². The number of nitrogens with zero attached hydrogens (tertiary/aromatic N) is 1. The number of benzene rings is 1. The summed E-state index contributed by atoms with van der Waals surface area (Å²) in [6.45, 7) is 1.05. The van der Waals surface area contributed by atoms with Gasteiger partial charge in [-0.05, 0) is 32.5 Å². The third-order valence-electron chi connectivity index (χ3n) is 4.83. The molecule has 1 amide bonds. The maximum absolute atomic E-state index is 12.5. The van der Waals surface area contributed by atoms with Gasteiger partial charge in [0.1, 0.15) is 0 Å². The Morgan fingerprint density at radius 3 is 2.26 bits per heavy atom. The standard InChI is InChI=1S/C17H27N3O.2ClH/c1-20(2)17(10-6-7-11-17)13-19-16(21)15(12-18)14-8-4-3-5-9-14;;/h3-5,8-9,15H,6-7,10-13,18H2,1-2H3,(H,19,21);2*1H. The molecule has 0 aromatic heterocycles. The lowest BCUT2D eigenvalue weighted by molar-refractivity contribution is -0.123. The van der Waals surface area contributed by atoms with E-state index in [0.29, 0.717) is 13.1 Å². The smallest absolute Gasteiger partial charge is 0.228 e. The molecule has 6 heteroatoms. The third kappa shape index (κ3) is 5.35. The molecule has 1 aliphatic rings.